The lowest BCUT2D eigenvalue weighted by molar-refractivity contribution is -0.131. The van der Waals surface area contributed by atoms with Crippen molar-refractivity contribution in [2.45, 2.75) is 64.7 Å². The first-order valence-corrected chi connectivity index (χ1v) is 8.16. The molecular weight excluding hydrogens is 236 g/mol. The number of carbonyl (C=O) groups excluding carboxylic acids is 1. The van der Waals surface area contributed by atoms with E-state index in [2.05, 4.69) is 24.1 Å². The normalized spacial score (nSPS) is 51.3. The summed E-state index contributed by atoms with van der Waals surface area (Å²) in [6.07, 6.45) is 5.73. The molecule has 0 radical (unpaired) electrons. The zero-order valence-corrected chi connectivity index (χ0v) is 12.3. The van der Waals surface area contributed by atoms with Crippen molar-refractivity contribution in [1.82, 2.24) is 10.2 Å². The number of hydrogen-bond acceptors (Lipinski definition) is 2. The molecule has 3 saturated carbocycles. The van der Waals surface area contributed by atoms with Gasteiger partial charge >= 0.3 is 0 Å². The summed E-state index contributed by atoms with van der Waals surface area (Å²) in [5.74, 6) is 4.64. The minimum Gasteiger partial charge on any atom is -0.322 e. The Labute approximate surface area is 116 Å². The van der Waals surface area contributed by atoms with Crippen molar-refractivity contribution in [1.29, 1.82) is 0 Å². The second-order valence-electron chi connectivity index (χ2n) is 7.76. The molecule has 3 heteroatoms. The molecule has 106 valence electrons. The van der Waals surface area contributed by atoms with Crippen LogP contribution < -0.4 is 5.32 Å². The molecule has 4 aliphatic rings. The van der Waals surface area contributed by atoms with Crippen molar-refractivity contribution in [3.63, 3.8) is 0 Å². The first-order valence-electron chi connectivity index (χ1n) is 8.16. The maximum atomic E-state index is 12.5. The summed E-state index contributed by atoms with van der Waals surface area (Å²) < 4.78 is 0. The Kier molecular flexibility index (Phi) is 2.55. The van der Waals surface area contributed by atoms with Crippen LogP contribution >= 0.6 is 0 Å². The van der Waals surface area contributed by atoms with Gasteiger partial charge in [-0.1, -0.05) is 13.8 Å². The van der Waals surface area contributed by atoms with E-state index < -0.39 is 0 Å². The largest absolute Gasteiger partial charge is 0.322 e. The molecule has 1 amide bonds. The molecule has 3 nitrogen and oxygen atoms in total. The van der Waals surface area contributed by atoms with Crippen LogP contribution in [0, 0.1) is 29.6 Å². The second-order valence-corrected chi connectivity index (χ2v) is 7.76. The van der Waals surface area contributed by atoms with Crippen LogP contribution in [-0.2, 0) is 4.79 Å². The molecule has 0 spiro atoms. The Bertz CT molecular complexity index is 392. The third-order valence-electron chi connectivity index (χ3n) is 6.11. The molecule has 0 aromatic heterocycles. The zero-order valence-electron chi connectivity index (χ0n) is 12.3. The summed E-state index contributed by atoms with van der Waals surface area (Å²) in [6, 6.07) is 0.627. The summed E-state index contributed by atoms with van der Waals surface area (Å²) in [6.45, 7) is 6.54. The van der Waals surface area contributed by atoms with Crippen LogP contribution in [0.15, 0.2) is 0 Å². The van der Waals surface area contributed by atoms with Crippen LogP contribution in [0.25, 0.3) is 0 Å². The maximum absolute atomic E-state index is 12.5. The van der Waals surface area contributed by atoms with Gasteiger partial charge in [0.15, 0.2) is 0 Å². The Hall–Kier alpha value is -0.570. The number of hydrogen-bond donors (Lipinski definition) is 1. The zero-order chi connectivity index (χ0) is 13.3. The Morgan fingerprint density at radius 2 is 1.89 bits per heavy atom. The SMILES string of the molecule is CC(C)CC1NC(C)C(=O)N1C1C2C3CCC(C3)C21. The monoisotopic (exact) mass is 262 g/mol. The Morgan fingerprint density at radius 1 is 1.26 bits per heavy atom. The predicted octanol–water partition coefficient (Wildman–Crippen LogP) is 2.22. The van der Waals surface area contributed by atoms with Crippen molar-refractivity contribution in [3.8, 4) is 0 Å². The highest BCUT2D eigenvalue weighted by Gasteiger charge is 2.68. The molecule has 6 atom stereocenters. The molecular formula is C16H26N2O. The second kappa shape index (κ2) is 3.97. The van der Waals surface area contributed by atoms with Crippen molar-refractivity contribution < 1.29 is 4.79 Å². The van der Waals surface area contributed by atoms with E-state index in [4.69, 9.17) is 0 Å². The third kappa shape index (κ3) is 1.63. The fraction of sp³-hybridized carbons (Fsp3) is 0.938. The lowest BCUT2D eigenvalue weighted by atomic mass is 10.0. The summed E-state index contributed by atoms with van der Waals surface area (Å²) in [5.41, 5.74) is 0. The number of rotatable bonds is 3. The van der Waals surface area contributed by atoms with Gasteiger partial charge in [0, 0.05) is 6.04 Å². The van der Waals surface area contributed by atoms with Gasteiger partial charge < -0.3 is 4.90 Å². The molecule has 1 saturated heterocycles. The predicted molar refractivity (Wildman–Crippen MR) is 74.3 cm³/mol. The molecule has 1 N–H and O–H groups in total. The van der Waals surface area contributed by atoms with Crippen LogP contribution in [0.2, 0.25) is 0 Å². The maximum Gasteiger partial charge on any atom is 0.240 e. The Balaban J connectivity index is 1.54. The minimum atomic E-state index is 0.0303. The van der Waals surface area contributed by atoms with Crippen molar-refractivity contribution in [2.75, 3.05) is 0 Å². The van der Waals surface area contributed by atoms with E-state index >= 15 is 0 Å². The van der Waals surface area contributed by atoms with Crippen LogP contribution in [-0.4, -0.2) is 29.1 Å². The van der Waals surface area contributed by atoms with Gasteiger partial charge in [0.25, 0.3) is 0 Å². The van der Waals surface area contributed by atoms with Gasteiger partial charge in [-0.2, -0.15) is 0 Å². The first kappa shape index (κ1) is 12.2. The van der Waals surface area contributed by atoms with Crippen molar-refractivity contribution in [2.24, 2.45) is 29.6 Å². The molecule has 1 aliphatic heterocycles. The summed E-state index contributed by atoms with van der Waals surface area (Å²) in [7, 11) is 0. The average Bonchev–Trinajstić information content (AvgIpc) is 2.68. The standard InChI is InChI=1S/C16H26N2O/c1-8(2)6-12-17-9(3)16(19)18(12)15-13-10-4-5-11(7-10)14(13)15/h8-15,17H,4-7H2,1-3H3. The molecule has 2 bridgehead atoms. The van der Waals surface area contributed by atoms with Gasteiger partial charge in [0.2, 0.25) is 5.91 Å². The topological polar surface area (TPSA) is 32.3 Å². The van der Waals surface area contributed by atoms with Crippen molar-refractivity contribution in [3.05, 3.63) is 0 Å². The van der Waals surface area contributed by atoms with Gasteiger partial charge in [-0.15, -0.1) is 0 Å². The van der Waals surface area contributed by atoms with Gasteiger partial charge in [-0.25, -0.2) is 0 Å². The lowest BCUT2D eigenvalue weighted by Gasteiger charge is -2.28. The molecule has 19 heavy (non-hydrogen) atoms. The van der Waals surface area contributed by atoms with Gasteiger partial charge in [0.1, 0.15) is 0 Å². The molecule has 3 aliphatic carbocycles. The van der Waals surface area contributed by atoms with Gasteiger partial charge in [-0.3, -0.25) is 10.1 Å². The third-order valence-corrected chi connectivity index (χ3v) is 6.11. The van der Waals surface area contributed by atoms with Gasteiger partial charge in [0.05, 0.1) is 12.2 Å². The molecule has 4 fully saturated rings. The van der Waals surface area contributed by atoms with Crippen molar-refractivity contribution >= 4 is 5.91 Å². The van der Waals surface area contributed by atoms with Crippen LogP contribution in [0.4, 0.5) is 0 Å². The highest BCUT2D eigenvalue weighted by atomic mass is 16.2. The quantitative estimate of drug-likeness (QED) is 0.846. The summed E-state index contributed by atoms with van der Waals surface area (Å²) in [5, 5.41) is 3.52. The highest BCUT2D eigenvalue weighted by Crippen LogP contribution is 2.67. The van der Waals surface area contributed by atoms with E-state index in [1.54, 1.807) is 0 Å². The first-order chi connectivity index (χ1) is 9.08. The van der Waals surface area contributed by atoms with Gasteiger partial charge in [-0.05, 0) is 62.2 Å². The highest BCUT2D eigenvalue weighted by molar-refractivity contribution is 5.84. The van der Waals surface area contributed by atoms with E-state index in [0.717, 1.165) is 30.1 Å². The van der Waals surface area contributed by atoms with E-state index in [1.807, 2.05) is 6.92 Å². The molecule has 0 aromatic carbocycles. The lowest BCUT2D eigenvalue weighted by Crippen LogP contribution is -2.42. The fourth-order valence-corrected chi connectivity index (χ4v) is 5.45. The van der Waals surface area contributed by atoms with Crippen LogP contribution in [0.1, 0.15) is 46.5 Å². The summed E-state index contributed by atoms with van der Waals surface area (Å²) >= 11 is 0. The molecule has 4 rings (SSSR count). The number of nitrogens with one attached hydrogen (secondary N) is 1. The van der Waals surface area contributed by atoms with E-state index in [1.165, 1.54) is 19.3 Å². The number of amides is 1. The average molecular weight is 262 g/mol. The molecule has 1 heterocycles. The van der Waals surface area contributed by atoms with Crippen LogP contribution in [0.3, 0.4) is 0 Å². The van der Waals surface area contributed by atoms with E-state index in [9.17, 15) is 4.79 Å². The summed E-state index contributed by atoms with van der Waals surface area (Å²) in [4.78, 5) is 14.8. The molecule has 6 unspecified atom stereocenters. The van der Waals surface area contributed by atoms with E-state index in [0.29, 0.717) is 24.0 Å². The van der Waals surface area contributed by atoms with E-state index in [-0.39, 0.29) is 6.04 Å². The Morgan fingerprint density at radius 3 is 2.47 bits per heavy atom. The minimum absolute atomic E-state index is 0.0303. The fourth-order valence-electron chi connectivity index (χ4n) is 5.45. The smallest absolute Gasteiger partial charge is 0.240 e. The van der Waals surface area contributed by atoms with Crippen LogP contribution in [0.5, 0.6) is 0 Å². The number of fused-ring (bicyclic) bond motifs is 5. The number of nitrogens with zero attached hydrogens (tertiary/aromatic N) is 1. The molecule has 0 aromatic rings. The number of carbonyl (C=O) groups is 1.